The van der Waals surface area contributed by atoms with Crippen molar-refractivity contribution in [3.8, 4) is 22.8 Å². The predicted octanol–water partition coefficient (Wildman–Crippen LogP) is 3.00. The number of nitrogens with two attached hydrogens (primary N) is 1. The number of nitrogen functional groups attached to an aromatic ring is 1. The first-order valence-corrected chi connectivity index (χ1v) is 8.56. The fourth-order valence-corrected chi connectivity index (χ4v) is 3.00. The largest absolute Gasteiger partial charge is 0.338 e. The molecule has 0 radical (unpaired) electrons. The molecule has 0 aliphatic rings. The van der Waals surface area contributed by atoms with Gasteiger partial charge in [0.2, 0.25) is 16.9 Å². The van der Waals surface area contributed by atoms with Crippen molar-refractivity contribution in [3.05, 3.63) is 66.6 Å². The van der Waals surface area contributed by atoms with Crippen LogP contribution in [0.4, 0.5) is 0 Å². The van der Waals surface area contributed by atoms with Crippen LogP contribution in [0.1, 0.15) is 5.89 Å². The first-order valence-electron chi connectivity index (χ1n) is 7.58. The van der Waals surface area contributed by atoms with Crippen LogP contribution in [0.25, 0.3) is 22.8 Å². The lowest BCUT2D eigenvalue weighted by molar-refractivity contribution is 0.391. The molecule has 0 aliphatic heterocycles. The minimum absolute atomic E-state index is 0.462. The highest BCUT2D eigenvalue weighted by Crippen LogP contribution is 2.24. The summed E-state index contributed by atoms with van der Waals surface area (Å²) < 4.78 is 6.76. The molecule has 2 aromatic carbocycles. The maximum atomic E-state index is 6.10. The van der Waals surface area contributed by atoms with Crippen molar-refractivity contribution in [2.75, 3.05) is 5.84 Å². The Balaban J connectivity index is 1.48. The number of aromatic nitrogens is 5. The molecule has 0 aliphatic carbocycles. The van der Waals surface area contributed by atoms with Gasteiger partial charge in [-0.3, -0.25) is 0 Å². The summed E-state index contributed by atoms with van der Waals surface area (Å²) in [5.74, 6) is 8.24. The minimum atomic E-state index is 0.462. The van der Waals surface area contributed by atoms with Crippen LogP contribution in [0.15, 0.2) is 70.3 Å². The minimum Gasteiger partial charge on any atom is -0.338 e. The van der Waals surface area contributed by atoms with Crippen LogP contribution in [0.2, 0.25) is 0 Å². The molecule has 25 heavy (non-hydrogen) atoms. The summed E-state index contributed by atoms with van der Waals surface area (Å²) >= 11 is 1.39. The second-order valence-electron chi connectivity index (χ2n) is 5.21. The predicted molar refractivity (Wildman–Crippen MR) is 94.9 cm³/mol. The molecule has 0 saturated heterocycles. The molecular weight excluding hydrogens is 336 g/mol. The van der Waals surface area contributed by atoms with Gasteiger partial charge in [-0.25, -0.2) is 4.68 Å². The van der Waals surface area contributed by atoms with E-state index in [9.17, 15) is 0 Å². The highest BCUT2D eigenvalue weighted by molar-refractivity contribution is 7.98. The lowest BCUT2D eigenvalue weighted by atomic mass is 10.2. The Morgan fingerprint density at radius 3 is 2.32 bits per heavy atom. The Bertz CT molecular complexity index is 967. The standard InChI is InChI=1S/C17H14N6OS/c18-23-16(13-9-5-2-6-10-13)20-21-17(23)25-11-14-19-15(22-24-14)12-7-3-1-4-8-12/h1-10H,11,18H2. The van der Waals surface area contributed by atoms with Gasteiger partial charge in [0.25, 0.3) is 0 Å². The van der Waals surface area contributed by atoms with Gasteiger partial charge in [0, 0.05) is 11.1 Å². The second kappa shape index (κ2) is 6.78. The zero-order valence-corrected chi connectivity index (χ0v) is 13.9. The summed E-state index contributed by atoms with van der Waals surface area (Å²) in [5, 5.41) is 12.9. The molecule has 0 unspecified atom stereocenters. The van der Waals surface area contributed by atoms with Gasteiger partial charge in [0.1, 0.15) is 0 Å². The van der Waals surface area contributed by atoms with Crippen molar-refractivity contribution >= 4 is 11.8 Å². The van der Waals surface area contributed by atoms with Gasteiger partial charge in [-0.05, 0) is 0 Å². The molecule has 0 atom stereocenters. The Hall–Kier alpha value is -3.13. The van der Waals surface area contributed by atoms with E-state index in [1.807, 2.05) is 60.7 Å². The van der Waals surface area contributed by atoms with Gasteiger partial charge in [-0.1, -0.05) is 77.6 Å². The lowest BCUT2D eigenvalue weighted by Crippen LogP contribution is -2.11. The lowest BCUT2D eigenvalue weighted by Gasteiger charge is -2.02. The smallest absolute Gasteiger partial charge is 0.237 e. The van der Waals surface area contributed by atoms with Gasteiger partial charge in [-0.15, -0.1) is 10.2 Å². The van der Waals surface area contributed by atoms with Gasteiger partial charge < -0.3 is 10.4 Å². The van der Waals surface area contributed by atoms with Crippen LogP contribution < -0.4 is 5.84 Å². The Morgan fingerprint density at radius 1 is 0.920 bits per heavy atom. The van der Waals surface area contributed by atoms with Crippen molar-refractivity contribution in [2.24, 2.45) is 0 Å². The van der Waals surface area contributed by atoms with E-state index in [-0.39, 0.29) is 0 Å². The first kappa shape index (κ1) is 15.4. The van der Waals surface area contributed by atoms with Crippen LogP contribution >= 0.6 is 11.8 Å². The number of thioether (sulfide) groups is 1. The van der Waals surface area contributed by atoms with Gasteiger partial charge in [-0.2, -0.15) is 4.98 Å². The quantitative estimate of drug-likeness (QED) is 0.436. The molecule has 2 heterocycles. The molecular formula is C17H14N6OS. The topological polar surface area (TPSA) is 95.7 Å². The highest BCUT2D eigenvalue weighted by atomic mass is 32.2. The molecule has 0 saturated carbocycles. The average Bonchev–Trinajstić information content (AvgIpc) is 3.28. The zero-order valence-electron chi connectivity index (χ0n) is 13.1. The number of hydrogen-bond donors (Lipinski definition) is 1. The summed E-state index contributed by atoms with van der Waals surface area (Å²) in [6.45, 7) is 0. The van der Waals surface area contributed by atoms with Crippen molar-refractivity contribution in [2.45, 2.75) is 10.9 Å². The third-order valence-electron chi connectivity index (χ3n) is 3.52. The molecule has 7 nitrogen and oxygen atoms in total. The van der Waals surface area contributed by atoms with Crippen LogP contribution in [-0.4, -0.2) is 25.0 Å². The third-order valence-corrected chi connectivity index (χ3v) is 4.45. The van der Waals surface area contributed by atoms with E-state index in [0.29, 0.717) is 28.4 Å². The summed E-state index contributed by atoms with van der Waals surface area (Å²) in [6, 6.07) is 19.4. The Labute approximate surface area is 147 Å². The van der Waals surface area contributed by atoms with E-state index in [0.717, 1.165) is 11.1 Å². The van der Waals surface area contributed by atoms with Crippen LogP contribution in [0, 0.1) is 0 Å². The number of nitrogens with zero attached hydrogens (tertiary/aromatic N) is 5. The molecule has 2 N–H and O–H groups in total. The fraction of sp³-hybridized carbons (Fsp3) is 0.0588. The number of benzene rings is 2. The summed E-state index contributed by atoms with van der Waals surface area (Å²) in [6.07, 6.45) is 0. The molecule has 4 aromatic rings. The molecule has 0 bridgehead atoms. The summed E-state index contributed by atoms with van der Waals surface area (Å²) in [5.41, 5.74) is 1.82. The van der Waals surface area contributed by atoms with Crippen LogP contribution in [0.5, 0.6) is 0 Å². The van der Waals surface area contributed by atoms with E-state index in [4.69, 9.17) is 10.4 Å². The molecule has 2 aromatic heterocycles. The summed E-state index contributed by atoms with van der Waals surface area (Å²) in [4.78, 5) is 4.39. The van der Waals surface area contributed by atoms with Gasteiger partial charge >= 0.3 is 0 Å². The molecule has 124 valence electrons. The van der Waals surface area contributed by atoms with Crippen LogP contribution in [-0.2, 0) is 5.75 Å². The molecule has 8 heteroatoms. The fourth-order valence-electron chi connectivity index (χ4n) is 2.30. The van der Waals surface area contributed by atoms with E-state index >= 15 is 0 Å². The van der Waals surface area contributed by atoms with Crippen molar-refractivity contribution in [3.63, 3.8) is 0 Å². The Kier molecular flexibility index (Phi) is 4.17. The molecule has 0 spiro atoms. The van der Waals surface area contributed by atoms with Crippen LogP contribution in [0.3, 0.4) is 0 Å². The zero-order chi connectivity index (χ0) is 17.1. The molecule has 0 amide bonds. The highest BCUT2D eigenvalue weighted by Gasteiger charge is 2.14. The van der Waals surface area contributed by atoms with Crippen molar-refractivity contribution < 1.29 is 4.52 Å². The number of rotatable bonds is 5. The summed E-state index contributed by atoms with van der Waals surface area (Å²) in [7, 11) is 0. The first-order chi connectivity index (χ1) is 12.3. The monoisotopic (exact) mass is 350 g/mol. The van der Waals surface area contributed by atoms with Crippen molar-refractivity contribution in [1.82, 2.24) is 25.0 Å². The molecule has 4 rings (SSSR count). The van der Waals surface area contributed by atoms with E-state index in [1.165, 1.54) is 16.4 Å². The van der Waals surface area contributed by atoms with E-state index in [1.54, 1.807) is 0 Å². The SMILES string of the molecule is Nn1c(SCc2nc(-c3ccccc3)no2)nnc1-c1ccccc1. The maximum Gasteiger partial charge on any atom is 0.237 e. The molecule has 0 fully saturated rings. The van der Waals surface area contributed by atoms with Crippen molar-refractivity contribution in [1.29, 1.82) is 0 Å². The van der Waals surface area contributed by atoms with Gasteiger partial charge in [0.05, 0.1) is 5.75 Å². The van der Waals surface area contributed by atoms with Gasteiger partial charge in [0.15, 0.2) is 5.82 Å². The second-order valence-corrected chi connectivity index (χ2v) is 6.15. The average molecular weight is 350 g/mol. The number of hydrogen-bond acceptors (Lipinski definition) is 7. The Morgan fingerprint density at radius 2 is 1.60 bits per heavy atom. The van der Waals surface area contributed by atoms with E-state index in [2.05, 4.69) is 20.3 Å². The van der Waals surface area contributed by atoms with E-state index < -0.39 is 0 Å². The third kappa shape index (κ3) is 3.24. The maximum absolute atomic E-state index is 6.10. The normalized spacial score (nSPS) is 10.9.